The van der Waals surface area contributed by atoms with Crippen LogP contribution in [0.1, 0.15) is 47.5 Å². The lowest BCUT2D eigenvalue weighted by atomic mass is 9.76. The first kappa shape index (κ1) is 11.0. The molecule has 0 saturated carbocycles. The smallest absolute Gasteiger partial charge is 0.00387 e. The Hall–Kier alpha value is -0.0400. The summed E-state index contributed by atoms with van der Waals surface area (Å²) in [6.07, 6.45) is 2.71. The average Bonchev–Trinajstić information content (AvgIpc) is 2.52. The van der Waals surface area contributed by atoms with Crippen molar-refractivity contribution in [3.63, 3.8) is 0 Å². The van der Waals surface area contributed by atoms with Crippen LogP contribution in [0, 0.1) is 11.3 Å². The summed E-state index contributed by atoms with van der Waals surface area (Å²) in [4.78, 5) is 2.61. The van der Waals surface area contributed by atoms with Crippen LogP contribution in [-0.4, -0.2) is 24.0 Å². The SMILES string of the molecule is CCC(C)(C)C1CCN(C(C)C)C1. The largest absolute Gasteiger partial charge is 0.301 e. The van der Waals surface area contributed by atoms with E-state index in [0.717, 1.165) is 12.0 Å². The van der Waals surface area contributed by atoms with E-state index in [0.29, 0.717) is 5.41 Å². The normalized spacial score (nSPS) is 25.8. The molecule has 1 heterocycles. The lowest BCUT2D eigenvalue weighted by Gasteiger charge is -2.31. The van der Waals surface area contributed by atoms with Gasteiger partial charge in [-0.1, -0.05) is 27.2 Å². The zero-order valence-electron chi connectivity index (χ0n) is 9.93. The van der Waals surface area contributed by atoms with E-state index in [4.69, 9.17) is 0 Å². The number of rotatable bonds is 3. The Kier molecular flexibility index (Phi) is 3.39. The van der Waals surface area contributed by atoms with Gasteiger partial charge in [0, 0.05) is 12.6 Å². The third-order valence-corrected chi connectivity index (χ3v) is 3.97. The molecule has 1 aliphatic rings. The van der Waals surface area contributed by atoms with Gasteiger partial charge >= 0.3 is 0 Å². The Morgan fingerprint density at radius 3 is 2.38 bits per heavy atom. The van der Waals surface area contributed by atoms with Crippen molar-refractivity contribution >= 4 is 0 Å². The molecule has 0 amide bonds. The minimum absolute atomic E-state index is 0.545. The maximum absolute atomic E-state index is 2.61. The van der Waals surface area contributed by atoms with Crippen LogP contribution in [0.25, 0.3) is 0 Å². The lowest BCUT2D eigenvalue weighted by molar-refractivity contribution is 0.186. The number of nitrogens with zero attached hydrogens (tertiary/aromatic N) is 1. The summed E-state index contributed by atoms with van der Waals surface area (Å²) >= 11 is 0. The van der Waals surface area contributed by atoms with Crippen molar-refractivity contribution in [3.8, 4) is 0 Å². The average molecular weight is 183 g/mol. The standard InChI is InChI=1S/C12H25N/c1-6-12(4,5)11-7-8-13(9-11)10(2)3/h10-11H,6-9H2,1-5H3. The van der Waals surface area contributed by atoms with Gasteiger partial charge in [0.1, 0.15) is 0 Å². The van der Waals surface area contributed by atoms with Gasteiger partial charge in [-0.3, -0.25) is 0 Å². The molecule has 1 atom stereocenters. The highest BCUT2D eigenvalue weighted by Crippen LogP contribution is 2.37. The molecule has 1 rings (SSSR count). The first-order valence-corrected chi connectivity index (χ1v) is 5.71. The van der Waals surface area contributed by atoms with Crippen LogP contribution >= 0.6 is 0 Å². The molecule has 1 saturated heterocycles. The van der Waals surface area contributed by atoms with Crippen LogP contribution in [-0.2, 0) is 0 Å². The van der Waals surface area contributed by atoms with Crippen LogP contribution in [0.4, 0.5) is 0 Å². The van der Waals surface area contributed by atoms with Crippen LogP contribution in [0.15, 0.2) is 0 Å². The lowest BCUT2D eigenvalue weighted by Crippen LogP contribution is -2.31. The minimum Gasteiger partial charge on any atom is -0.301 e. The summed E-state index contributed by atoms with van der Waals surface area (Å²) in [5.41, 5.74) is 0.545. The van der Waals surface area contributed by atoms with Crippen molar-refractivity contribution in [2.24, 2.45) is 11.3 Å². The van der Waals surface area contributed by atoms with E-state index >= 15 is 0 Å². The third-order valence-electron chi connectivity index (χ3n) is 3.97. The maximum Gasteiger partial charge on any atom is 0.00387 e. The molecule has 0 aliphatic carbocycles. The summed E-state index contributed by atoms with van der Waals surface area (Å²) in [7, 11) is 0. The van der Waals surface area contributed by atoms with Gasteiger partial charge in [0.2, 0.25) is 0 Å². The van der Waals surface area contributed by atoms with Crippen LogP contribution < -0.4 is 0 Å². The van der Waals surface area contributed by atoms with E-state index in [1.54, 1.807) is 0 Å². The highest BCUT2D eigenvalue weighted by molar-refractivity contribution is 4.86. The van der Waals surface area contributed by atoms with E-state index in [1.807, 2.05) is 0 Å². The molecule has 1 nitrogen and oxygen atoms in total. The van der Waals surface area contributed by atoms with Gasteiger partial charge in [0.25, 0.3) is 0 Å². The topological polar surface area (TPSA) is 3.24 Å². The highest BCUT2D eigenvalue weighted by Gasteiger charge is 2.34. The molecule has 1 unspecified atom stereocenters. The quantitative estimate of drug-likeness (QED) is 0.649. The number of hydrogen-bond acceptors (Lipinski definition) is 1. The van der Waals surface area contributed by atoms with E-state index in [9.17, 15) is 0 Å². The van der Waals surface area contributed by atoms with Crippen molar-refractivity contribution in [2.45, 2.75) is 53.5 Å². The predicted octanol–water partition coefficient (Wildman–Crippen LogP) is 3.15. The zero-order valence-corrected chi connectivity index (χ0v) is 9.93. The van der Waals surface area contributed by atoms with Gasteiger partial charge in [-0.05, 0) is 38.1 Å². The Morgan fingerprint density at radius 1 is 1.38 bits per heavy atom. The molecule has 13 heavy (non-hydrogen) atoms. The molecule has 0 bridgehead atoms. The van der Waals surface area contributed by atoms with Gasteiger partial charge in [0.05, 0.1) is 0 Å². The van der Waals surface area contributed by atoms with E-state index in [2.05, 4.69) is 39.5 Å². The summed E-state index contributed by atoms with van der Waals surface area (Å²) in [6.45, 7) is 14.4. The van der Waals surface area contributed by atoms with Crippen molar-refractivity contribution in [1.82, 2.24) is 4.90 Å². The molecule has 0 aromatic carbocycles. The first-order valence-electron chi connectivity index (χ1n) is 5.71. The van der Waals surface area contributed by atoms with Gasteiger partial charge < -0.3 is 4.90 Å². The molecule has 0 spiro atoms. The fourth-order valence-electron chi connectivity index (χ4n) is 2.18. The van der Waals surface area contributed by atoms with Crippen LogP contribution in [0.2, 0.25) is 0 Å². The number of hydrogen-bond donors (Lipinski definition) is 0. The van der Waals surface area contributed by atoms with Crippen molar-refractivity contribution in [3.05, 3.63) is 0 Å². The van der Waals surface area contributed by atoms with Gasteiger partial charge in [-0.25, -0.2) is 0 Å². The van der Waals surface area contributed by atoms with E-state index < -0.39 is 0 Å². The summed E-state index contributed by atoms with van der Waals surface area (Å²) in [5, 5.41) is 0. The molecule has 0 N–H and O–H groups in total. The van der Waals surface area contributed by atoms with E-state index in [1.165, 1.54) is 25.9 Å². The Morgan fingerprint density at radius 2 is 2.00 bits per heavy atom. The van der Waals surface area contributed by atoms with Crippen LogP contribution in [0.5, 0.6) is 0 Å². The molecule has 0 aromatic heterocycles. The molecule has 78 valence electrons. The molecule has 0 radical (unpaired) electrons. The van der Waals surface area contributed by atoms with Gasteiger partial charge in [-0.15, -0.1) is 0 Å². The van der Waals surface area contributed by atoms with Gasteiger partial charge in [-0.2, -0.15) is 0 Å². The Labute approximate surface area is 83.5 Å². The second-order valence-corrected chi connectivity index (χ2v) is 5.42. The minimum atomic E-state index is 0.545. The Balaban J connectivity index is 2.49. The molecule has 1 fully saturated rings. The monoisotopic (exact) mass is 183 g/mol. The van der Waals surface area contributed by atoms with Crippen LogP contribution in [0.3, 0.4) is 0 Å². The molecular weight excluding hydrogens is 158 g/mol. The Bertz CT molecular complexity index is 161. The second-order valence-electron chi connectivity index (χ2n) is 5.42. The number of likely N-dealkylation sites (tertiary alicyclic amines) is 1. The molecule has 1 heteroatoms. The predicted molar refractivity (Wildman–Crippen MR) is 58.9 cm³/mol. The summed E-state index contributed by atoms with van der Waals surface area (Å²) < 4.78 is 0. The maximum atomic E-state index is 2.61. The van der Waals surface area contributed by atoms with Crippen molar-refractivity contribution in [1.29, 1.82) is 0 Å². The van der Waals surface area contributed by atoms with Crippen molar-refractivity contribution < 1.29 is 0 Å². The van der Waals surface area contributed by atoms with Gasteiger partial charge in [0.15, 0.2) is 0 Å². The fraction of sp³-hybridized carbons (Fsp3) is 1.00. The summed E-state index contributed by atoms with van der Waals surface area (Å²) in [5.74, 6) is 0.917. The second kappa shape index (κ2) is 4.00. The summed E-state index contributed by atoms with van der Waals surface area (Å²) in [6, 6.07) is 0.734. The third kappa shape index (κ3) is 2.46. The van der Waals surface area contributed by atoms with Crippen molar-refractivity contribution in [2.75, 3.05) is 13.1 Å². The molecular formula is C12H25N. The fourth-order valence-corrected chi connectivity index (χ4v) is 2.18. The highest BCUT2D eigenvalue weighted by atomic mass is 15.2. The molecule has 1 aliphatic heterocycles. The van der Waals surface area contributed by atoms with E-state index in [-0.39, 0.29) is 0 Å². The molecule has 0 aromatic rings. The first-order chi connectivity index (χ1) is 5.97. The zero-order chi connectivity index (χ0) is 10.1.